The third-order valence-electron chi connectivity index (χ3n) is 2.25. The maximum Gasteiger partial charge on any atom is 0.420 e. The van der Waals surface area contributed by atoms with Crippen molar-refractivity contribution in [1.29, 1.82) is 5.26 Å². The second-order valence-corrected chi connectivity index (χ2v) is 3.72. The molecule has 0 spiro atoms. The number of unbranched alkanes of at least 4 members (excludes halogenated alkanes) is 2. The van der Waals surface area contributed by atoms with Crippen LogP contribution in [0.15, 0.2) is 18.2 Å². The Morgan fingerprint density at radius 2 is 2.00 bits per heavy atom. The molecule has 98 valence electrons. The summed E-state index contributed by atoms with van der Waals surface area (Å²) >= 11 is 0. The summed E-state index contributed by atoms with van der Waals surface area (Å²) in [5, 5.41) is 8.31. The number of nitrogens with two attached hydrogens (primary N) is 1. The second kappa shape index (κ2) is 6.15. The predicted octanol–water partition coefficient (Wildman–Crippen LogP) is 3.36. The van der Waals surface area contributed by atoms with Crippen molar-refractivity contribution >= 4 is 5.69 Å². The molecule has 0 aliphatic heterocycles. The molecule has 0 aliphatic rings. The number of alkyl halides is 3. The monoisotopic (exact) mass is 258 g/mol. The highest BCUT2D eigenvalue weighted by molar-refractivity contribution is 5.49. The number of anilines is 1. The van der Waals surface area contributed by atoms with Gasteiger partial charge in [0.15, 0.2) is 0 Å². The molecule has 0 amide bonds. The van der Waals surface area contributed by atoms with E-state index >= 15 is 0 Å². The topological polar surface area (TPSA) is 59.0 Å². The molecule has 2 N–H and O–H groups in total. The van der Waals surface area contributed by atoms with Crippen molar-refractivity contribution < 1.29 is 17.9 Å². The Labute approximate surface area is 103 Å². The lowest BCUT2D eigenvalue weighted by molar-refractivity contribution is -0.138. The van der Waals surface area contributed by atoms with E-state index in [-0.39, 0.29) is 18.0 Å². The molecular weight excluding hydrogens is 245 g/mol. The van der Waals surface area contributed by atoms with Gasteiger partial charge in [-0.1, -0.05) is 0 Å². The van der Waals surface area contributed by atoms with Crippen molar-refractivity contribution in [3.8, 4) is 11.8 Å². The van der Waals surface area contributed by atoms with Gasteiger partial charge in [0, 0.05) is 12.1 Å². The lowest BCUT2D eigenvalue weighted by Gasteiger charge is -2.14. The first-order valence-corrected chi connectivity index (χ1v) is 5.41. The smallest absolute Gasteiger partial charge is 0.420 e. The van der Waals surface area contributed by atoms with Crippen LogP contribution in [0.3, 0.4) is 0 Å². The summed E-state index contributed by atoms with van der Waals surface area (Å²) in [6.07, 6.45) is -2.98. The normalized spacial score (nSPS) is 11.0. The van der Waals surface area contributed by atoms with Gasteiger partial charge in [-0.25, -0.2) is 0 Å². The summed E-state index contributed by atoms with van der Waals surface area (Å²) in [5.41, 5.74) is 4.50. The van der Waals surface area contributed by atoms with E-state index in [4.69, 9.17) is 15.7 Å². The number of nitrogen functional groups attached to an aromatic ring is 1. The first-order valence-electron chi connectivity index (χ1n) is 5.41. The number of halogens is 3. The van der Waals surface area contributed by atoms with E-state index in [1.807, 2.05) is 6.07 Å². The van der Waals surface area contributed by atoms with Gasteiger partial charge in [0.25, 0.3) is 0 Å². The van der Waals surface area contributed by atoms with Crippen molar-refractivity contribution in [1.82, 2.24) is 0 Å². The molecule has 1 aromatic carbocycles. The number of nitriles is 1. The molecule has 0 fully saturated rings. The van der Waals surface area contributed by atoms with Gasteiger partial charge in [0.2, 0.25) is 0 Å². The number of hydrogen-bond acceptors (Lipinski definition) is 3. The average molecular weight is 258 g/mol. The zero-order chi connectivity index (χ0) is 13.6. The maximum absolute atomic E-state index is 12.7. The first-order chi connectivity index (χ1) is 8.45. The molecule has 1 rings (SSSR count). The zero-order valence-corrected chi connectivity index (χ0v) is 9.63. The first kappa shape index (κ1) is 14.2. The van der Waals surface area contributed by atoms with Gasteiger partial charge in [0.05, 0.1) is 18.2 Å². The minimum Gasteiger partial charge on any atom is -0.493 e. The van der Waals surface area contributed by atoms with Crippen LogP contribution in [0.5, 0.6) is 5.75 Å². The van der Waals surface area contributed by atoms with Gasteiger partial charge in [-0.2, -0.15) is 18.4 Å². The van der Waals surface area contributed by atoms with Gasteiger partial charge in [-0.3, -0.25) is 0 Å². The highest BCUT2D eigenvalue weighted by Crippen LogP contribution is 2.37. The lowest BCUT2D eigenvalue weighted by Crippen LogP contribution is -2.10. The summed E-state index contributed by atoms with van der Waals surface area (Å²) in [4.78, 5) is 0. The van der Waals surface area contributed by atoms with Crippen molar-refractivity contribution in [2.24, 2.45) is 0 Å². The molecule has 18 heavy (non-hydrogen) atoms. The Morgan fingerprint density at radius 3 is 2.61 bits per heavy atom. The van der Waals surface area contributed by atoms with Crippen LogP contribution >= 0.6 is 0 Å². The third kappa shape index (κ3) is 4.17. The van der Waals surface area contributed by atoms with Crippen LogP contribution in [0.2, 0.25) is 0 Å². The lowest BCUT2D eigenvalue weighted by atomic mass is 10.1. The minimum atomic E-state index is -4.49. The van der Waals surface area contributed by atoms with Gasteiger partial charge in [0.1, 0.15) is 5.75 Å². The highest BCUT2D eigenvalue weighted by Gasteiger charge is 2.34. The fourth-order valence-electron chi connectivity index (χ4n) is 1.38. The highest BCUT2D eigenvalue weighted by atomic mass is 19.4. The SMILES string of the molecule is N#CCCCCOc1ccc(N)cc1C(F)(F)F. The Bertz CT molecular complexity index is 438. The van der Waals surface area contributed by atoms with Crippen LogP contribution in [0.1, 0.15) is 24.8 Å². The average Bonchev–Trinajstić information content (AvgIpc) is 2.29. The van der Waals surface area contributed by atoms with Gasteiger partial charge >= 0.3 is 6.18 Å². The molecule has 0 aliphatic carbocycles. The second-order valence-electron chi connectivity index (χ2n) is 3.72. The molecule has 3 nitrogen and oxygen atoms in total. The predicted molar refractivity (Wildman–Crippen MR) is 60.8 cm³/mol. The third-order valence-corrected chi connectivity index (χ3v) is 2.25. The van der Waals surface area contributed by atoms with Gasteiger partial charge < -0.3 is 10.5 Å². The number of hydrogen-bond donors (Lipinski definition) is 1. The Balaban J connectivity index is 2.68. The number of ether oxygens (including phenoxy) is 1. The number of nitrogens with zero attached hydrogens (tertiary/aromatic N) is 1. The molecule has 0 bridgehead atoms. The minimum absolute atomic E-state index is 0.0409. The molecule has 0 radical (unpaired) electrons. The molecule has 1 aromatic rings. The largest absolute Gasteiger partial charge is 0.493 e. The molecule has 6 heteroatoms. The van der Waals surface area contributed by atoms with Gasteiger partial charge in [-0.05, 0) is 31.0 Å². The van der Waals surface area contributed by atoms with E-state index in [0.717, 1.165) is 6.07 Å². The molecule has 0 saturated carbocycles. The molecule has 0 aromatic heterocycles. The quantitative estimate of drug-likeness (QED) is 0.650. The zero-order valence-electron chi connectivity index (χ0n) is 9.63. The standard InChI is InChI=1S/C12H13F3N2O/c13-12(14,15)10-8-9(17)4-5-11(10)18-7-3-1-2-6-16/h4-5,8H,1-3,7,17H2. The van der Waals surface area contributed by atoms with Gasteiger partial charge in [-0.15, -0.1) is 0 Å². The van der Waals surface area contributed by atoms with E-state index in [1.54, 1.807) is 0 Å². The summed E-state index contributed by atoms with van der Waals surface area (Å²) in [6.45, 7) is 0.147. The molecule has 0 heterocycles. The van der Waals surface area contributed by atoms with Crippen LogP contribution in [0.25, 0.3) is 0 Å². The molecule has 0 atom stereocenters. The molecular formula is C12H13F3N2O. The molecule has 0 unspecified atom stereocenters. The van der Waals surface area contributed by atoms with E-state index < -0.39 is 11.7 Å². The summed E-state index contributed by atoms with van der Waals surface area (Å²) in [6, 6.07) is 5.38. The Kier molecular flexibility index (Phi) is 4.84. The van der Waals surface area contributed by atoms with Crippen molar-refractivity contribution in [2.45, 2.75) is 25.4 Å². The molecule has 0 saturated heterocycles. The van der Waals surface area contributed by atoms with E-state index in [2.05, 4.69) is 0 Å². The fourth-order valence-corrected chi connectivity index (χ4v) is 1.38. The van der Waals surface area contributed by atoms with Crippen LogP contribution in [0, 0.1) is 11.3 Å². The summed E-state index contributed by atoms with van der Waals surface area (Å²) < 4.78 is 43.1. The summed E-state index contributed by atoms with van der Waals surface area (Å²) in [7, 11) is 0. The van der Waals surface area contributed by atoms with Crippen LogP contribution in [-0.4, -0.2) is 6.61 Å². The maximum atomic E-state index is 12.7. The van der Waals surface area contributed by atoms with Crippen molar-refractivity contribution in [2.75, 3.05) is 12.3 Å². The Hall–Kier alpha value is -1.90. The van der Waals surface area contributed by atoms with Crippen LogP contribution < -0.4 is 10.5 Å². The fraction of sp³-hybridized carbons (Fsp3) is 0.417. The van der Waals surface area contributed by atoms with Crippen LogP contribution in [0.4, 0.5) is 18.9 Å². The van der Waals surface area contributed by atoms with E-state index in [0.29, 0.717) is 19.3 Å². The summed E-state index contributed by atoms with van der Waals surface area (Å²) in [5.74, 6) is -0.228. The number of rotatable bonds is 5. The van der Waals surface area contributed by atoms with Crippen LogP contribution in [-0.2, 0) is 6.18 Å². The van der Waals surface area contributed by atoms with E-state index in [1.165, 1.54) is 12.1 Å². The Morgan fingerprint density at radius 1 is 1.28 bits per heavy atom. The van der Waals surface area contributed by atoms with E-state index in [9.17, 15) is 13.2 Å². The van der Waals surface area contributed by atoms with Crippen molar-refractivity contribution in [3.63, 3.8) is 0 Å². The number of benzene rings is 1. The van der Waals surface area contributed by atoms with Crippen molar-refractivity contribution in [3.05, 3.63) is 23.8 Å².